The summed E-state index contributed by atoms with van der Waals surface area (Å²) < 4.78 is 27.2. The summed E-state index contributed by atoms with van der Waals surface area (Å²) in [6.07, 6.45) is -1.07. The van der Waals surface area contributed by atoms with E-state index in [-0.39, 0.29) is 32.3 Å². The molecular formula is C29H39NO8. The second-order valence-corrected chi connectivity index (χ2v) is 9.85. The Balaban J connectivity index is 1.51. The molecule has 208 valence electrons. The predicted octanol–water partition coefficient (Wildman–Crippen LogP) is 4.60. The number of carbonyl (C=O) groups is 2. The number of aliphatic hydroxyl groups excluding tert-OH is 1. The molecule has 0 atom stereocenters. The lowest BCUT2D eigenvalue weighted by molar-refractivity contribution is 0.00425. The van der Waals surface area contributed by atoms with Crippen molar-refractivity contribution in [2.45, 2.75) is 38.7 Å². The molecular weight excluding hydrogens is 490 g/mol. The summed E-state index contributed by atoms with van der Waals surface area (Å²) in [7, 11) is 0. The molecule has 1 aliphatic carbocycles. The van der Waals surface area contributed by atoms with Gasteiger partial charge in [-0.2, -0.15) is 0 Å². The zero-order valence-electron chi connectivity index (χ0n) is 22.5. The minimum atomic E-state index is -0.756. The number of amides is 2. The van der Waals surface area contributed by atoms with Gasteiger partial charge in [0.2, 0.25) is 0 Å². The van der Waals surface area contributed by atoms with E-state index in [2.05, 4.69) is 12.1 Å². The number of hydrogen-bond donors (Lipinski definition) is 1. The lowest BCUT2D eigenvalue weighted by Crippen LogP contribution is -2.42. The third-order valence-electron chi connectivity index (χ3n) is 5.82. The Labute approximate surface area is 224 Å². The Kier molecular flexibility index (Phi) is 11.5. The maximum atomic E-state index is 13.1. The molecule has 38 heavy (non-hydrogen) atoms. The lowest BCUT2D eigenvalue weighted by Gasteiger charge is -2.26. The molecule has 0 saturated carbocycles. The predicted molar refractivity (Wildman–Crippen MR) is 142 cm³/mol. The zero-order chi connectivity index (χ0) is 27.4. The highest BCUT2D eigenvalue weighted by atomic mass is 16.6. The average molecular weight is 530 g/mol. The summed E-state index contributed by atoms with van der Waals surface area (Å²) in [6, 6.07) is 16.2. The van der Waals surface area contributed by atoms with E-state index in [4.69, 9.17) is 28.8 Å². The van der Waals surface area contributed by atoms with E-state index in [0.717, 1.165) is 27.2 Å². The van der Waals surface area contributed by atoms with Crippen molar-refractivity contribution >= 4 is 12.2 Å². The van der Waals surface area contributed by atoms with Gasteiger partial charge in [-0.05, 0) is 49.4 Å². The summed E-state index contributed by atoms with van der Waals surface area (Å²) in [5.41, 5.74) is 3.70. The van der Waals surface area contributed by atoms with Gasteiger partial charge in [-0.15, -0.1) is 0 Å². The van der Waals surface area contributed by atoms with Crippen molar-refractivity contribution in [3.05, 3.63) is 59.7 Å². The van der Waals surface area contributed by atoms with Gasteiger partial charge in [0.15, 0.2) is 0 Å². The number of hydrogen-bond acceptors (Lipinski definition) is 8. The second-order valence-electron chi connectivity index (χ2n) is 9.85. The molecule has 2 aromatic carbocycles. The number of imide groups is 1. The summed E-state index contributed by atoms with van der Waals surface area (Å²) in [4.78, 5) is 26.9. The Morgan fingerprint density at radius 3 is 1.87 bits per heavy atom. The first kappa shape index (κ1) is 29.6. The summed E-state index contributed by atoms with van der Waals surface area (Å²) in [5.74, 6) is -0.107. The SMILES string of the molecule is CC(C)(C)OC(=O)N(CCCOCCOCCOCCO)C(=O)OCC1c2ccccc2-c2ccccc21. The van der Waals surface area contributed by atoms with Crippen LogP contribution < -0.4 is 0 Å². The van der Waals surface area contributed by atoms with Gasteiger partial charge in [0.25, 0.3) is 0 Å². The molecule has 0 heterocycles. The molecule has 2 amide bonds. The Bertz CT molecular complexity index is 990. The highest BCUT2D eigenvalue weighted by molar-refractivity contribution is 5.88. The number of aliphatic hydroxyl groups is 1. The van der Waals surface area contributed by atoms with Crippen LogP contribution in [0.4, 0.5) is 9.59 Å². The Hall–Kier alpha value is -2.98. The van der Waals surface area contributed by atoms with Crippen molar-refractivity contribution in [2.24, 2.45) is 0 Å². The largest absolute Gasteiger partial charge is 0.448 e. The van der Waals surface area contributed by atoms with Crippen molar-refractivity contribution in [3.63, 3.8) is 0 Å². The number of fused-ring (bicyclic) bond motifs is 3. The van der Waals surface area contributed by atoms with Crippen molar-refractivity contribution < 1.29 is 38.4 Å². The molecule has 9 nitrogen and oxygen atoms in total. The fourth-order valence-electron chi connectivity index (χ4n) is 4.18. The lowest BCUT2D eigenvalue weighted by atomic mass is 9.98. The van der Waals surface area contributed by atoms with Crippen LogP contribution in [0.5, 0.6) is 0 Å². The molecule has 2 aromatic rings. The van der Waals surface area contributed by atoms with Gasteiger partial charge in [0.1, 0.15) is 12.2 Å². The molecule has 0 unspecified atom stereocenters. The van der Waals surface area contributed by atoms with E-state index in [1.165, 1.54) is 0 Å². The average Bonchev–Trinajstić information content (AvgIpc) is 3.20. The summed E-state index contributed by atoms with van der Waals surface area (Å²) in [5, 5.41) is 8.66. The van der Waals surface area contributed by atoms with Gasteiger partial charge in [0.05, 0.1) is 39.6 Å². The maximum Gasteiger partial charge on any atom is 0.419 e. The normalized spacial score (nSPS) is 12.6. The van der Waals surface area contributed by atoms with Gasteiger partial charge in [-0.3, -0.25) is 0 Å². The van der Waals surface area contributed by atoms with Gasteiger partial charge >= 0.3 is 12.2 Å². The van der Waals surface area contributed by atoms with E-state index in [9.17, 15) is 9.59 Å². The van der Waals surface area contributed by atoms with Crippen LogP contribution in [0.15, 0.2) is 48.5 Å². The topological polar surface area (TPSA) is 104 Å². The molecule has 0 aliphatic heterocycles. The monoisotopic (exact) mass is 529 g/mol. The van der Waals surface area contributed by atoms with Crippen LogP contribution in [0.25, 0.3) is 11.1 Å². The van der Waals surface area contributed by atoms with E-state index in [1.807, 2.05) is 36.4 Å². The molecule has 9 heteroatoms. The van der Waals surface area contributed by atoms with Gasteiger partial charge < -0.3 is 28.8 Å². The number of benzene rings is 2. The van der Waals surface area contributed by atoms with Gasteiger partial charge in [0, 0.05) is 19.1 Å². The van der Waals surface area contributed by atoms with Crippen LogP contribution in [-0.4, -0.2) is 87.2 Å². The molecule has 3 rings (SSSR count). The molecule has 0 aromatic heterocycles. The van der Waals surface area contributed by atoms with Crippen molar-refractivity contribution in [3.8, 4) is 11.1 Å². The van der Waals surface area contributed by atoms with Crippen molar-refractivity contribution in [1.29, 1.82) is 0 Å². The van der Waals surface area contributed by atoms with E-state index in [0.29, 0.717) is 39.5 Å². The third-order valence-corrected chi connectivity index (χ3v) is 5.82. The van der Waals surface area contributed by atoms with Crippen LogP contribution in [0.3, 0.4) is 0 Å². The van der Waals surface area contributed by atoms with Crippen LogP contribution in [-0.2, 0) is 23.7 Å². The van der Waals surface area contributed by atoms with Crippen LogP contribution in [0.2, 0.25) is 0 Å². The number of ether oxygens (including phenoxy) is 5. The highest BCUT2D eigenvalue weighted by Gasteiger charge is 2.32. The summed E-state index contributed by atoms with van der Waals surface area (Å²) in [6.45, 7) is 7.66. The first-order valence-electron chi connectivity index (χ1n) is 13.0. The maximum absolute atomic E-state index is 13.1. The van der Waals surface area contributed by atoms with E-state index in [1.54, 1.807) is 20.8 Å². The zero-order valence-corrected chi connectivity index (χ0v) is 22.5. The fraction of sp³-hybridized carbons (Fsp3) is 0.517. The van der Waals surface area contributed by atoms with E-state index < -0.39 is 17.8 Å². The molecule has 0 saturated heterocycles. The van der Waals surface area contributed by atoms with Crippen LogP contribution >= 0.6 is 0 Å². The van der Waals surface area contributed by atoms with Crippen LogP contribution in [0, 0.1) is 0 Å². The standard InChI is InChI=1S/C29H39NO8/c1-29(2,3)38-28(33)30(13-8-15-34-17-19-36-20-18-35-16-14-31)27(32)37-21-26-24-11-6-4-9-22(24)23-10-5-7-12-25(23)26/h4-7,9-12,26,31H,8,13-21H2,1-3H3. The Morgan fingerprint density at radius 2 is 1.32 bits per heavy atom. The minimum absolute atomic E-state index is 0.0144. The van der Waals surface area contributed by atoms with Gasteiger partial charge in [-0.1, -0.05) is 48.5 Å². The van der Waals surface area contributed by atoms with Crippen LogP contribution in [0.1, 0.15) is 44.2 Å². The van der Waals surface area contributed by atoms with Crippen molar-refractivity contribution in [2.75, 3.05) is 59.4 Å². The Morgan fingerprint density at radius 1 is 0.789 bits per heavy atom. The molecule has 0 bridgehead atoms. The molecule has 0 fully saturated rings. The number of nitrogens with zero attached hydrogens (tertiary/aromatic N) is 1. The quantitative estimate of drug-likeness (QED) is 0.354. The third kappa shape index (κ3) is 8.80. The molecule has 0 spiro atoms. The smallest absolute Gasteiger partial charge is 0.419 e. The molecule has 1 N–H and O–H groups in total. The first-order valence-corrected chi connectivity index (χ1v) is 13.0. The highest BCUT2D eigenvalue weighted by Crippen LogP contribution is 2.44. The first-order chi connectivity index (χ1) is 18.3. The van der Waals surface area contributed by atoms with E-state index >= 15 is 0 Å². The summed E-state index contributed by atoms with van der Waals surface area (Å²) >= 11 is 0. The number of carbonyl (C=O) groups excluding carboxylic acids is 2. The minimum Gasteiger partial charge on any atom is -0.448 e. The molecule has 1 aliphatic rings. The molecule has 0 radical (unpaired) electrons. The number of rotatable bonds is 14. The fourth-order valence-corrected chi connectivity index (χ4v) is 4.18. The van der Waals surface area contributed by atoms with Crippen molar-refractivity contribution in [1.82, 2.24) is 4.90 Å². The van der Waals surface area contributed by atoms with Gasteiger partial charge in [-0.25, -0.2) is 14.5 Å². The second kappa shape index (κ2) is 14.8.